The van der Waals surface area contributed by atoms with Crippen LogP contribution in [0.5, 0.6) is 0 Å². The van der Waals surface area contributed by atoms with E-state index in [9.17, 15) is 34.9 Å². The number of benzene rings is 12. The summed E-state index contributed by atoms with van der Waals surface area (Å²) in [5.74, 6) is 0. The quantitative estimate of drug-likeness (QED) is 0.0125. The molecule has 0 radical (unpaired) electrons. The molecule has 0 unspecified atom stereocenters. The van der Waals surface area contributed by atoms with E-state index in [2.05, 4.69) is 115 Å². The number of nitrogens with zero attached hydrogens (tertiary/aromatic N) is 7. The summed E-state index contributed by atoms with van der Waals surface area (Å²) < 4.78 is 37.6. The molecule has 670 valence electrons. The van der Waals surface area contributed by atoms with Crippen molar-refractivity contribution in [2.45, 2.75) is 97.3 Å². The summed E-state index contributed by atoms with van der Waals surface area (Å²) in [5, 5.41) is 78.0. The number of halogens is 5. The average molecular weight is 1990 g/mol. The van der Waals surface area contributed by atoms with Crippen molar-refractivity contribution < 1.29 is 106 Å². The maximum atomic E-state index is 11.6. The van der Waals surface area contributed by atoms with Crippen molar-refractivity contribution in [3.8, 4) is 6.07 Å². The van der Waals surface area contributed by atoms with Crippen LogP contribution in [0, 0.1) is 52.2 Å². The highest BCUT2D eigenvalue weighted by Crippen LogP contribution is 2.35. The molecular weight excluding hydrogens is 1890 g/mol. The third-order valence-electron chi connectivity index (χ3n) is 22.2. The number of fused-ring (bicyclic) bond motifs is 9. The van der Waals surface area contributed by atoms with Crippen LogP contribution in [0.2, 0.25) is 10.0 Å². The van der Waals surface area contributed by atoms with Gasteiger partial charge in [0.2, 0.25) is 11.0 Å². The lowest BCUT2D eigenvalue weighted by atomic mass is 9.75. The molecular formula is C102H100B3Br3Cl2N8O13. The number of nitrogens with two attached hydrogens (primary N) is 1. The van der Waals surface area contributed by atoms with E-state index < -0.39 is 27.6 Å². The number of ether oxygens (including phenoxy) is 6. The van der Waals surface area contributed by atoms with E-state index in [1.54, 1.807) is 48.5 Å². The molecule has 0 amide bonds. The number of aryl methyl sites for hydroxylation is 4. The lowest BCUT2D eigenvalue weighted by Crippen LogP contribution is -3.00. The van der Waals surface area contributed by atoms with Gasteiger partial charge in [0, 0.05) is 101 Å². The van der Waals surface area contributed by atoms with Crippen molar-refractivity contribution in [2.75, 3.05) is 53.7 Å². The summed E-state index contributed by atoms with van der Waals surface area (Å²) in [7, 11) is -0.733. The number of rotatable bonds is 15. The SMILES string of the molecule is CN(C)Cc1c(C[n+]2cc3ccccc3c3cc(CN)ccc32)cccc1B(O)O.Cc1cccc(B(O)O)c1C1OCCCO1.Cc1cccc(CBr)c1C1OCCCO1.Cc1cccc(Cl)c1C#N.Cc1cccc(Cl)c1C1OCCCO1.[Br-].[Br-].[C-]#[N+]c1ccc2c(c1)c1ccccc1c[n+]2Cc1cccc(B(O)O)c1C=O.[C-]#[N+]c1ccc2ncc3ccccc3c2c1. The van der Waals surface area contributed by atoms with Gasteiger partial charge >= 0.3 is 21.4 Å². The molecule has 3 aliphatic rings. The fourth-order valence-electron chi connectivity index (χ4n) is 15.8. The van der Waals surface area contributed by atoms with Crippen LogP contribution < -0.4 is 65.2 Å². The molecule has 21 nitrogen and oxygen atoms in total. The minimum atomic E-state index is -1.71. The molecule has 18 rings (SSSR count). The molecule has 0 saturated carbocycles. The average Bonchev–Trinajstić information content (AvgIpc) is 0.774. The summed E-state index contributed by atoms with van der Waals surface area (Å²) >= 11 is 15.3. The van der Waals surface area contributed by atoms with E-state index >= 15 is 0 Å². The van der Waals surface area contributed by atoms with Crippen molar-refractivity contribution in [3.63, 3.8) is 0 Å². The molecule has 6 heterocycles. The highest BCUT2D eigenvalue weighted by Gasteiger charge is 2.29. The summed E-state index contributed by atoms with van der Waals surface area (Å²) in [6.45, 7) is 28.7. The molecule has 0 atom stereocenters. The number of pyridine rings is 3. The Labute approximate surface area is 803 Å². The van der Waals surface area contributed by atoms with Crippen molar-refractivity contribution in [2.24, 2.45) is 5.73 Å². The van der Waals surface area contributed by atoms with Gasteiger partial charge in [0.15, 0.2) is 55.7 Å². The first kappa shape index (κ1) is 103. The van der Waals surface area contributed by atoms with Gasteiger partial charge in [0.1, 0.15) is 12.4 Å². The molecule has 3 aromatic heterocycles. The van der Waals surface area contributed by atoms with Gasteiger partial charge in [-0.1, -0.05) is 209 Å². The van der Waals surface area contributed by atoms with E-state index in [4.69, 9.17) is 75.8 Å². The topological polar surface area (TPSA) is 276 Å². The standard InChI is InChI=1S/C24H27BN3O2.C22H16BN2O3.C14H8N2.C12H15BrO2.C11H15BO4.C11H13ClO2.C8H6ClN.2BrH/c1-27(2)16-22-19(7-5-9-23(22)25(29)30)15-28-14-18-6-3-4-8-20(18)21-12-17(13-26)10-11-24(21)28;1-24-17-9-10-22-19(11-17)18-7-3-2-5-15(18)12-25(22)13-16-6-4-8-21(23(27)28)20(16)14-26;1-15-11-6-7-14-13(8-11)12-5-3-2-4-10(12)9-16-14;1-9-4-2-5-10(8-13)11(9)12-14-6-3-7-15-12;1-8-4-2-5-9(12(13)14)10(8)11-15-6-3-7-16-11;1-8-4-2-5-9(12)10(8)11-13-6-3-7-14-11;1-6-3-2-4-8(9)7(6)5-10;;/h3-12,14,29-30H,13,15-16,26H2,1-2H3;2-12,14,27-28H,13H2;2-9H;2,4-5,12H,3,6-8H2,1H3;2,4-5,11,13-14H,3,6-7H2,1H3;2,4-5,11H,3,6-7H2,1H3;2-4H,1H3;2*1H/q2*+1;;;;;;;/p-2. The van der Waals surface area contributed by atoms with Gasteiger partial charge in [-0.2, -0.15) is 14.4 Å². The number of carbonyl (C=O) groups excluding carboxylic acids is 1. The Kier molecular flexibility index (Phi) is 39.4. The van der Waals surface area contributed by atoms with Crippen LogP contribution in [-0.2, 0) is 59.9 Å². The van der Waals surface area contributed by atoms with Gasteiger partial charge in [-0.15, -0.1) is 0 Å². The third-order valence-corrected chi connectivity index (χ3v) is 23.4. The molecule has 3 fully saturated rings. The lowest BCUT2D eigenvalue weighted by molar-refractivity contribution is -0.661. The molecule has 0 aliphatic carbocycles. The van der Waals surface area contributed by atoms with Gasteiger partial charge in [-0.05, 0) is 188 Å². The first-order valence-corrected chi connectivity index (χ1v) is 44.1. The first-order valence-electron chi connectivity index (χ1n) is 42.2. The monoisotopic (exact) mass is 1980 g/mol. The largest absolute Gasteiger partial charge is 1.00 e. The number of nitriles is 1. The molecule has 0 bridgehead atoms. The fraction of sp³-hybridized carbons (Fsp3) is 0.225. The molecule has 0 spiro atoms. The predicted molar refractivity (Wildman–Crippen MR) is 516 cm³/mol. The number of hydrogen-bond acceptors (Lipinski definition) is 17. The van der Waals surface area contributed by atoms with Crippen molar-refractivity contribution in [1.29, 1.82) is 5.26 Å². The molecule has 3 saturated heterocycles. The normalized spacial score (nSPS) is 13.1. The molecule has 8 N–H and O–H groups in total. The Morgan fingerprint density at radius 1 is 0.496 bits per heavy atom. The van der Waals surface area contributed by atoms with E-state index in [-0.39, 0.29) is 57.6 Å². The Hall–Kier alpha value is -10.6. The second-order valence-corrected chi connectivity index (χ2v) is 32.6. The van der Waals surface area contributed by atoms with Crippen LogP contribution in [0.4, 0.5) is 11.4 Å². The van der Waals surface area contributed by atoms with Crippen LogP contribution >= 0.6 is 39.1 Å². The predicted octanol–water partition coefficient (Wildman–Crippen LogP) is 10.9. The molecule has 12 aromatic carbocycles. The second kappa shape index (κ2) is 50.3. The summed E-state index contributed by atoms with van der Waals surface area (Å²) in [4.78, 5) is 25.1. The van der Waals surface area contributed by atoms with Gasteiger partial charge in [-0.25, -0.2) is 9.69 Å². The van der Waals surface area contributed by atoms with Gasteiger partial charge in [0.05, 0.1) is 74.3 Å². The van der Waals surface area contributed by atoms with Crippen molar-refractivity contribution in [3.05, 3.63) is 366 Å². The molecule has 29 heteroatoms. The van der Waals surface area contributed by atoms with Gasteiger partial charge in [-0.3, -0.25) is 9.78 Å². The lowest BCUT2D eigenvalue weighted by Gasteiger charge is -2.26. The molecule has 131 heavy (non-hydrogen) atoms. The third kappa shape index (κ3) is 26.3. The minimum absolute atomic E-state index is 0. The zero-order valence-electron chi connectivity index (χ0n) is 73.3. The first-order chi connectivity index (χ1) is 62.5. The van der Waals surface area contributed by atoms with Crippen molar-refractivity contribution in [1.82, 2.24) is 9.88 Å². The van der Waals surface area contributed by atoms with Crippen LogP contribution in [0.1, 0.15) is 121 Å². The van der Waals surface area contributed by atoms with E-state index in [0.717, 1.165) is 155 Å². The molecule has 3 aliphatic heterocycles. The number of hydrogen-bond donors (Lipinski definition) is 7. The van der Waals surface area contributed by atoms with Crippen LogP contribution in [0.25, 0.3) is 74.7 Å². The fourth-order valence-corrected chi connectivity index (χ4v) is 16.8. The Morgan fingerprint density at radius 2 is 0.924 bits per heavy atom. The number of aldehydes is 1. The van der Waals surface area contributed by atoms with E-state index in [1.165, 1.54) is 33.5 Å². The summed E-state index contributed by atoms with van der Waals surface area (Å²) in [5.41, 5.74) is 24.3. The number of alkyl halides is 1. The van der Waals surface area contributed by atoms with Gasteiger partial charge < -0.3 is 103 Å². The second-order valence-electron chi connectivity index (χ2n) is 31.3. The molecule has 15 aromatic rings. The zero-order valence-corrected chi connectivity index (χ0v) is 79.6. The van der Waals surface area contributed by atoms with Crippen LogP contribution in [0.15, 0.2) is 255 Å². The Morgan fingerprint density at radius 3 is 1.44 bits per heavy atom. The maximum absolute atomic E-state index is 11.6. The van der Waals surface area contributed by atoms with E-state index in [1.807, 2.05) is 178 Å². The van der Waals surface area contributed by atoms with Crippen LogP contribution in [0.3, 0.4) is 0 Å². The summed E-state index contributed by atoms with van der Waals surface area (Å²) in [6.07, 6.45) is 8.59. The van der Waals surface area contributed by atoms with Crippen molar-refractivity contribution >= 4 is 160 Å². The number of carbonyl (C=O) groups is 1. The smallest absolute Gasteiger partial charge is 0.489 e. The van der Waals surface area contributed by atoms with Crippen LogP contribution in [-0.4, -0.2) is 121 Å². The maximum Gasteiger partial charge on any atom is 0.489 e. The number of aromatic nitrogens is 3. The Balaban J connectivity index is 0.000000163. The summed E-state index contributed by atoms with van der Waals surface area (Å²) in [6, 6.07) is 77.6. The highest BCUT2D eigenvalue weighted by atomic mass is 79.9. The minimum Gasteiger partial charge on any atom is -1.00 e. The Bertz CT molecular complexity index is 6550. The van der Waals surface area contributed by atoms with Gasteiger partial charge in [0.25, 0.3) is 0 Å². The zero-order chi connectivity index (χ0) is 91.6. The highest BCUT2D eigenvalue weighted by molar-refractivity contribution is 9.08. The van der Waals surface area contributed by atoms with E-state index in [0.29, 0.717) is 84.1 Å².